The van der Waals surface area contributed by atoms with E-state index in [1.807, 2.05) is 6.92 Å². The summed E-state index contributed by atoms with van der Waals surface area (Å²) in [5, 5.41) is 13.8. The smallest absolute Gasteiger partial charge is 0.289 e. The summed E-state index contributed by atoms with van der Waals surface area (Å²) in [5.41, 5.74) is 0.102. The van der Waals surface area contributed by atoms with E-state index >= 15 is 0 Å². The minimum absolute atomic E-state index is 0.284. The van der Waals surface area contributed by atoms with E-state index in [1.54, 1.807) is 7.05 Å². The predicted octanol–water partition coefficient (Wildman–Crippen LogP) is 2.06. The fraction of sp³-hybridized carbons (Fsp3) is 0.500. The lowest BCUT2D eigenvalue weighted by molar-refractivity contribution is -0.387. The average molecular weight is 301 g/mol. The second-order valence-electron chi connectivity index (χ2n) is 4.37. The second kappa shape index (κ2) is 6.67. The van der Waals surface area contributed by atoms with Crippen molar-refractivity contribution in [2.45, 2.75) is 24.7 Å². The number of nitrogens with zero attached hydrogens (tertiary/aromatic N) is 2. The van der Waals surface area contributed by atoms with E-state index in [-0.39, 0.29) is 4.90 Å². The minimum Gasteiger partial charge on any atom is -0.388 e. The van der Waals surface area contributed by atoms with Crippen LogP contribution in [0.15, 0.2) is 23.1 Å². The van der Waals surface area contributed by atoms with Crippen molar-refractivity contribution in [3.63, 3.8) is 0 Å². The third-order valence-corrected chi connectivity index (χ3v) is 4.85. The first kappa shape index (κ1) is 16.4. The van der Waals surface area contributed by atoms with Gasteiger partial charge in [0.2, 0.25) is 10.0 Å². The fourth-order valence-electron chi connectivity index (χ4n) is 1.70. The van der Waals surface area contributed by atoms with Gasteiger partial charge in [0, 0.05) is 32.4 Å². The molecule has 1 aromatic rings. The molecule has 0 heterocycles. The van der Waals surface area contributed by atoms with Gasteiger partial charge in [-0.3, -0.25) is 10.1 Å². The molecule has 0 unspecified atom stereocenters. The molecule has 0 saturated heterocycles. The number of unbranched alkanes of at least 4 members (excludes halogenated alkanes) is 1. The van der Waals surface area contributed by atoms with Crippen LogP contribution in [-0.4, -0.2) is 38.3 Å². The quantitative estimate of drug-likeness (QED) is 0.614. The van der Waals surface area contributed by atoms with Crippen molar-refractivity contribution >= 4 is 21.4 Å². The van der Waals surface area contributed by atoms with Crippen molar-refractivity contribution in [2.24, 2.45) is 0 Å². The molecule has 0 spiro atoms. The van der Waals surface area contributed by atoms with Crippen molar-refractivity contribution in [3.05, 3.63) is 28.3 Å². The lowest BCUT2D eigenvalue weighted by Crippen LogP contribution is -2.28. The van der Waals surface area contributed by atoms with Gasteiger partial charge in [0.1, 0.15) is 0 Å². The Morgan fingerprint density at radius 2 is 2.05 bits per heavy atom. The van der Waals surface area contributed by atoms with Gasteiger partial charge in [-0.25, -0.2) is 12.7 Å². The fourth-order valence-corrected chi connectivity index (χ4v) is 3.08. The Morgan fingerprint density at radius 3 is 2.55 bits per heavy atom. The van der Waals surface area contributed by atoms with E-state index in [9.17, 15) is 18.5 Å². The van der Waals surface area contributed by atoms with Gasteiger partial charge in [0.25, 0.3) is 5.69 Å². The second-order valence-corrected chi connectivity index (χ2v) is 6.38. The van der Waals surface area contributed by atoms with Gasteiger partial charge in [-0.1, -0.05) is 13.3 Å². The highest BCUT2D eigenvalue weighted by Gasteiger charge is 2.29. The van der Waals surface area contributed by atoms with Crippen LogP contribution in [0.25, 0.3) is 0 Å². The van der Waals surface area contributed by atoms with Crippen LogP contribution < -0.4 is 5.32 Å². The molecule has 20 heavy (non-hydrogen) atoms. The number of nitro benzene ring substituents is 1. The third-order valence-electron chi connectivity index (χ3n) is 2.96. The van der Waals surface area contributed by atoms with Crippen molar-refractivity contribution < 1.29 is 13.3 Å². The van der Waals surface area contributed by atoms with E-state index in [1.165, 1.54) is 25.2 Å². The average Bonchev–Trinajstić information content (AvgIpc) is 2.43. The van der Waals surface area contributed by atoms with E-state index in [2.05, 4.69) is 5.32 Å². The summed E-state index contributed by atoms with van der Waals surface area (Å²) in [6, 6.07) is 3.96. The molecule has 0 bridgehead atoms. The van der Waals surface area contributed by atoms with Gasteiger partial charge < -0.3 is 5.32 Å². The molecule has 0 aromatic heterocycles. The maximum atomic E-state index is 12.4. The number of rotatable bonds is 7. The molecule has 0 aliphatic rings. The molecular weight excluding hydrogens is 282 g/mol. The van der Waals surface area contributed by atoms with Crippen LogP contribution in [0, 0.1) is 10.1 Å². The van der Waals surface area contributed by atoms with Gasteiger partial charge >= 0.3 is 0 Å². The number of hydrogen-bond donors (Lipinski definition) is 1. The van der Waals surface area contributed by atoms with Gasteiger partial charge in [0.05, 0.1) is 4.92 Å². The van der Waals surface area contributed by atoms with Crippen LogP contribution in [0.2, 0.25) is 0 Å². The topological polar surface area (TPSA) is 92.6 Å². The molecule has 0 saturated carbocycles. The molecule has 8 heteroatoms. The molecule has 112 valence electrons. The monoisotopic (exact) mass is 301 g/mol. The van der Waals surface area contributed by atoms with Gasteiger partial charge in [0.15, 0.2) is 4.90 Å². The first-order valence-corrected chi connectivity index (χ1v) is 7.71. The first-order chi connectivity index (χ1) is 9.34. The van der Waals surface area contributed by atoms with Crippen molar-refractivity contribution in [3.8, 4) is 0 Å². The Hall–Kier alpha value is -1.67. The highest BCUT2D eigenvalue weighted by atomic mass is 32.2. The van der Waals surface area contributed by atoms with E-state index in [4.69, 9.17) is 0 Å². The number of hydrogen-bond acceptors (Lipinski definition) is 5. The summed E-state index contributed by atoms with van der Waals surface area (Å²) in [7, 11) is -0.813. The molecular formula is C12H19N3O4S. The number of nitrogens with one attached hydrogen (secondary N) is 1. The summed E-state index contributed by atoms with van der Waals surface area (Å²) in [6.07, 6.45) is 1.55. The summed E-state index contributed by atoms with van der Waals surface area (Å²) < 4.78 is 26.0. The maximum absolute atomic E-state index is 12.4. The van der Waals surface area contributed by atoms with Crippen LogP contribution in [0.4, 0.5) is 11.4 Å². The molecule has 0 aliphatic heterocycles. The summed E-state index contributed by atoms with van der Waals surface area (Å²) in [4.78, 5) is 10.0. The van der Waals surface area contributed by atoms with Crippen molar-refractivity contribution in [1.29, 1.82) is 0 Å². The lowest BCUT2D eigenvalue weighted by atomic mass is 10.3. The Kier molecular flexibility index (Phi) is 5.46. The molecule has 7 nitrogen and oxygen atoms in total. The zero-order chi connectivity index (χ0) is 15.3. The highest BCUT2D eigenvalue weighted by molar-refractivity contribution is 7.89. The van der Waals surface area contributed by atoms with Crippen LogP contribution in [0.5, 0.6) is 0 Å². The molecule has 1 rings (SSSR count). The zero-order valence-electron chi connectivity index (χ0n) is 11.8. The number of nitro groups is 1. The molecule has 0 radical (unpaired) electrons. The summed E-state index contributed by atoms with van der Waals surface area (Å²) in [5.74, 6) is 0. The van der Waals surface area contributed by atoms with Crippen LogP contribution >= 0.6 is 0 Å². The van der Waals surface area contributed by atoms with Crippen LogP contribution in [0.3, 0.4) is 0 Å². The van der Waals surface area contributed by atoms with E-state index in [0.717, 1.165) is 10.7 Å². The first-order valence-electron chi connectivity index (χ1n) is 6.27. The van der Waals surface area contributed by atoms with Crippen molar-refractivity contribution in [1.82, 2.24) is 4.31 Å². The van der Waals surface area contributed by atoms with Gasteiger partial charge in [-0.15, -0.1) is 0 Å². The maximum Gasteiger partial charge on any atom is 0.289 e. The molecule has 1 aromatic carbocycles. The summed E-state index contributed by atoms with van der Waals surface area (Å²) >= 11 is 0. The SMILES string of the molecule is CCCCN(C)S(=O)(=O)c1cc(NC)ccc1[N+](=O)[O-]. The Labute approximate surface area is 118 Å². The lowest BCUT2D eigenvalue weighted by Gasteiger charge is -2.17. The summed E-state index contributed by atoms with van der Waals surface area (Å²) in [6.45, 7) is 2.28. The Balaban J connectivity index is 3.31. The number of anilines is 1. The van der Waals surface area contributed by atoms with Crippen LogP contribution in [-0.2, 0) is 10.0 Å². The molecule has 0 atom stereocenters. The molecule has 1 N–H and O–H groups in total. The predicted molar refractivity (Wildman–Crippen MR) is 77.4 cm³/mol. The number of sulfonamides is 1. The standard InChI is InChI=1S/C12H19N3O4S/c1-4-5-8-14(3)20(18,19)12-9-10(13-2)6-7-11(12)15(16)17/h6-7,9,13H,4-5,8H2,1-3H3. The molecule has 0 amide bonds. The third kappa shape index (κ3) is 3.45. The Morgan fingerprint density at radius 1 is 1.40 bits per heavy atom. The van der Waals surface area contributed by atoms with E-state index < -0.39 is 20.6 Å². The normalized spacial score (nSPS) is 11.6. The zero-order valence-corrected chi connectivity index (χ0v) is 12.6. The molecule has 0 fully saturated rings. The van der Waals surface area contributed by atoms with Crippen molar-refractivity contribution in [2.75, 3.05) is 26.0 Å². The van der Waals surface area contributed by atoms with E-state index in [0.29, 0.717) is 18.7 Å². The number of benzene rings is 1. The van der Waals surface area contributed by atoms with Gasteiger partial charge in [-0.2, -0.15) is 0 Å². The largest absolute Gasteiger partial charge is 0.388 e. The highest BCUT2D eigenvalue weighted by Crippen LogP contribution is 2.29. The molecule has 0 aliphatic carbocycles. The van der Waals surface area contributed by atoms with Gasteiger partial charge in [-0.05, 0) is 18.6 Å². The minimum atomic E-state index is -3.87. The van der Waals surface area contributed by atoms with Crippen LogP contribution in [0.1, 0.15) is 19.8 Å². The Bertz CT molecular complexity index is 586.